The Morgan fingerprint density at radius 2 is 0.821 bits per heavy atom. The van der Waals surface area contributed by atoms with Crippen LogP contribution in [0.2, 0.25) is 0 Å². The van der Waals surface area contributed by atoms with Crippen molar-refractivity contribution in [1.82, 2.24) is 5.32 Å². The van der Waals surface area contributed by atoms with E-state index < -0.39 is 20.0 Å². The highest BCUT2D eigenvalue weighted by Gasteiger charge is 2.30. The molecule has 3 unspecified atom stereocenters. The SMILES string of the molecule is CC/C=C\C/C=C\C/C=C\C/C=C\C/C=C\C/C=C\CCCCCCCCC(=O)OC(/C=C\CCCCCCCCCCC)C(COP(=O)(O)OCC[N+](C)(C)C)NC(=O)CCCCCCC/C=C/CCCCCCCCC. The summed E-state index contributed by atoms with van der Waals surface area (Å²) in [6, 6.07) is -0.864. The molecular weight excluding hydrogens is 988 g/mol. The zero-order valence-electron chi connectivity index (χ0n) is 51.4. The number of nitrogens with zero attached hydrogens (tertiary/aromatic N) is 1. The summed E-state index contributed by atoms with van der Waals surface area (Å²) in [5.41, 5.74) is 0. The number of unbranched alkanes of at least 4 members (excludes halogenated alkanes) is 27. The van der Waals surface area contributed by atoms with Crippen molar-refractivity contribution in [1.29, 1.82) is 0 Å². The number of phosphoric acid groups is 1. The van der Waals surface area contributed by atoms with Crippen LogP contribution >= 0.6 is 7.82 Å². The second-order valence-electron chi connectivity index (χ2n) is 22.5. The molecule has 0 radical (unpaired) electrons. The Balaban J connectivity index is 5.19. The molecule has 0 aliphatic carbocycles. The maximum absolute atomic E-state index is 13.5. The van der Waals surface area contributed by atoms with Gasteiger partial charge < -0.3 is 19.4 Å². The lowest BCUT2D eigenvalue weighted by Crippen LogP contribution is -2.47. The van der Waals surface area contributed by atoms with Crippen LogP contribution in [0.4, 0.5) is 0 Å². The number of carbonyl (C=O) groups excluding carboxylic acids is 2. The van der Waals surface area contributed by atoms with Gasteiger partial charge in [0.25, 0.3) is 0 Å². The largest absolute Gasteiger partial charge is 0.472 e. The smallest absolute Gasteiger partial charge is 0.456 e. The van der Waals surface area contributed by atoms with E-state index >= 15 is 0 Å². The van der Waals surface area contributed by atoms with E-state index in [1.54, 1.807) is 0 Å². The van der Waals surface area contributed by atoms with Gasteiger partial charge in [-0.3, -0.25) is 18.6 Å². The molecule has 0 bridgehead atoms. The van der Waals surface area contributed by atoms with Gasteiger partial charge in [0.15, 0.2) is 0 Å². The first-order chi connectivity index (χ1) is 37.9. The molecule has 10 heteroatoms. The molecule has 0 saturated carbocycles. The topological polar surface area (TPSA) is 111 Å². The molecule has 0 heterocycles. The number of esters is 1. The zero-order chi connectivity index (χ0) is 57.2. The number of nitrogens with one attached hydrogen (secondary N) is 1. The minimum Gasteiger partial charge on any atom is -0.456 e. The van der Waals surface area contributed by atoms with Crippen molar-refractivity contribution in [2.75, 3.05) is 40.9 Å². The highest BCUT2D eigenvalue weighted by molar-refractivity contribution is 7.47. The van der Waals surface area contributed by atoms with Crippen LogP contribution in [-0.4, -0.2) is 74.3 Å². The molecular formula is C68H122N2O7P+. The fourth-order valence-corrected chi connectivity index (χ4v) is 9.56. The van der Waals surface area contributed by atoms with E-state index in [9.17, 15) is 19.0 Å². The molecule has 0 rings (SSSR count). The summed E-state index contributed by atoms with van der Waals surface area (Å²) < 4.78 is 30.7. The molecule has 0 aromatic rings. The summed E-state index contributed by atoms with van der Waals surface area (Å²) in [6.07, 6.45) is 76.9. The third-order valence-corrected chi connectivity index (χ3v) is 14.7. The number of rotatable bonds is 57. The lowest BCUT2D eigenvalue weighted by Gasteiger charge is -2.27. The number of carbonyl (C=O) groups is 2. The van der Waals surface area contributed by atoms with Crippen molar-refractivity contribution < 1.29 is 37.3 Å². The number of hydrogen-bond acceptors (Lipinski definition) is 6. The Morgan fingerprint density at radius 3 is 1.24 bits per heavy atom. The maximum Gasteiger partial charge on any atom is 0.472 e. The third-order valence-electron chi connectivity index (χ3n) is 13.8. The van der Waals surface area contributed by atoms with E-state index in [-0.39, 0.29) is 31.5 Å². The number of ether oxygens (including phenoxy) is 1. The lowest BCUT2D eigenvalue weighted by atomic mass is 10.1. The van der Waals surface area contributed by atoms with Gasteiger partial charge in [0, 0.05) is 12.8 Å². The van der Waals surface area contributed by atoms with Crippen LogP contribution in [0.1, 0.15) is 271 Å². The Morgan fingerprint density at radius 1 is 0.462 bits per heavy atom. The number of amides is 1. The fraction of sp³-hybridized carbons (Fsp3) is 0.735. The van der Waals surface area contributed by atoms with Crippen molar-refractivity contribution >= 4 is 19.7 Å². The Labute approximate surface area is 481 Å². The average Bonchev–Trinajstić information content (AvgIpc) is 3.41. The molecule has 0 spiro atoms. The molecule has 3 atom stereocenters. The molecule has 78 heavy (non-hydrogen) atoms. The maximum atomic E-state index is 13.5. The van der Waals surface area contributed by atoms with Crippen LogP contribution in [0.25, 0.3) is 0 Å². The van der Waals surface area contributed by atoms with Crippen LogP contribution in [0, 0.1) is 0 Å². The molecule has 0 saturated heterocycles. The first-order valence-corrected chi connectivity index (χ1v) is 33.6. The summed E-state index contributed by atoms with van der Waals surface area (Å²) in [5.74, 6) is -0.534. The first kappa shape index (κ1) is 74.9. The quantitative estimate of drug-likeness (QED) is 0.0205. The summed E-state index contributed by atoms with van der Waals surface area (Å²) in [6.45, 7) is 6.87. The lowest BCUT2D eigenvalue weighted by molar-refractivity contribution is -0.870. The van der Waals surface area contributed by atoms with Gasteiger partial charge in [-0.2, -0.15) is 0 Å². The molecule has 0 aromatic heterocycles. The van der Waals surface area contributed by atoms with Gasteiger partial charge in [-0.05, 0) is 109 Å². The number of allylic oxidation sites excluding steroid dienone is 15. The zero-order valence-corrected chi connectivity index (χ0v) is 52.3. The first-order valence-electron chi connectivity index (χ1n) is 32.1. The van der Waals surface area contributed by atoms with Crippen molar-refractivity contribution in [2.45, 2.75) is 283 Å². The fourth-order valence-electron chi connectivity index (χ4n) is 8.82. The van der Waals surface area contributed by atoms with Gasteiger partial charge in [-0.25, -0.2) is 4.57 Å². The van der Waals surface area contributed by atoms with Crippen LogP contribution in [-0.2, 0) is 27.9 Å². The molecule has 1 amide bonds. The van der Waals surface area contributed by atoms with Crippen molar-refractivity contribution in [3.8, 4) is 0 Å². The molecule has 2 N–H and O–H groups in total. The Hall–Kier alpha value is -3.07. The number of likely N-dealkylation sites (N-methyl/N-ethyl adjacent to an activating group) is 1. The monoisotopic (exact) mass is 1110 g/mol. The van der Waals surface area contributed by atoms with Crippen LogP contribution in [0.3, 0.4) is 0 Å². The van der Waals surface area contributed by atoms with E-state index in [2.05, 4.69) is 111 Å². The Bertz CT molecular complexity index is 1660. The van der Waals surface area contributed by atoms with Gasteiger partial charge in [0.05, 0.1) is 33.8 Å². The van der Waals surface area contributed by atoms with Crippen LogP contribution in [0.5, 0.6) is 0 Å². The van der Waals surface area contributed by atoms with Gasteiger partial charge >= 0.3 is 13.8 Å². The van der Waals surface area contributed by atoms with E-state index in [0.29, 0.717) is 17.4 Å². The molecule has 450 valence electrons. The van der Waals surface area contributed by atoms with E-state index in [1.165, 1.54) is 96.3 Å². The van der Waals surface area contributed by atoms with Crippen molar-refractivity contribution in [2.24, 2.45) is 0 Å². The second kappa shape index (κ2) is 57.2. The summed E-state index contributed by atoms with van der Waals surface area (Å²) in [7, 11) is 1.47. The molecule has 0 aliphatic rings. The van der Waals surface area contributed by atoms with E-state index in [4.69, 9.17) is 13.8 Å². The average molecular weight is 1110 g/mol. The Kier molecular flexibility index (Phi) is 54.9. The normalized spacial score (nSPS) is 14.3. The van der Waals surface area contributed by atoms with Gasteiger partial charge in [0.1, 0.15) is 19.3 Å². The summed E-state index contributed by atoms with van der Waals surface area (Å²) in [5, 5.41) is 3.05. The molecule has 0 aliphatic heterocycles. The van der Waals surface area contributed by atoms with Gasteiger partial charge in [-0.1, -0.05) is 247 Å². The van der Waals surface area contributed by atoms with E-state index in [1.807, 2.05) is 33.3 Å². The van der Waals surface area contributed by atoms with E-state index in [0.717, 1.165) is 141 Å². The summed E-state index contributed by atoms with van der Waals surface area (Å²) >= 11 is 0. The number of phosphoric ester groups is 1. The molecule has 0 aromatic carbocycles. The highest BCUT2D eigenvalue weighted by atomic mass is 31.2. The van der Waals surface area contributed by atoms with Crippen molar-refractivity contribution in [3.05, 3.63) is 97.2 Å². The predicted molar refractivity (Wildman–Crippen MR) is 337 cm³/mol. The van der Waals surface area contributed by atoms with Crippen LogP contribution in [0.15, 0.2) is 97.2 Å². The number of quaternary nitrogens is 1. The summed E-state index contributed by atoms with van der Waals surface area (Å²) in [4.78, 5) is 37.7. The predicted octanol–water partition coefficient (Wildman–Crippen LogP) is 19.9. The van der Waals surface area contributed by atoms with Crippen molar-refractivity contribution in [3.63, 3.8) is 0 Å². The second-order valence-corrected chi connectivity index (χ2v) is 24.0. The minimum absolute atomic E-state index is 0.0321. The minimum atomic E-state index is -4.46. The molecule has 0 fully saturated rings. The highest BCUT2D eigenvalue weighted by Crippen LogP contribution is 2.43. The standard InChI is InChI=1S/C68H121N2O7P/c1-7-10-13-16-19-22-25-27-29-31-32-33-34-35-36-37-38-39-41-43-46-49-52-55-58-61-68(72)77-66(59-56-53-50-47-44-24-21-18-15-12-9-3)65(64-76-78(73,74)75-63-62-70(4,5)6)69-67(71)60-57-54-51-48-45-42-40-30-28-26-23-20-17-14-11-8-2/h10,13,19,22,27,29-30,32-33,35-36,38-40,56,59,65-66H,7-9,11-12,14-18,20-21,23-26,28,31,34,37,41-55,57-58,60-64H2,1-6H3,(H-,69,71,73,74)/p+1/b13-10-,22-19-,29-27-,33-32-,36-35-,39-38-,40-30+,59-56-. The number of hydrogen-bond donors (Lipinski definition) is 2. The van der Waals surface area contributed by atoms with Crippen LogP contribution < -0.4 is 5.32 Å². The van der Waals surface area contributed by atoms with Gasteiger partial charge in [-0.15, -0.1) is 0 Å². The molecule has 9 nitrogen and oxygen atoms in total. The third kappa shape index (κ3) is 57.6. The van der Waals surface area contributed by atoms with Gasteiger partial charge in [0.2, 0.25) is 5.91 Å².